The first-order chi connectivity index (χ1) is 8.74. The lowest BCUT2D eigenvalue weighted by Crippen LogP contribution is -2.29. The van der Waals surface area contributed by atoms with Crippen molar-refractivity contribution in [2.75, 3.05) is 6.54 Å². The van der Waals surface area contributed by atoms with Gasteiger partial charge in [0.05, 0.1) is 5.69 Å². The molecule has 1 fully saturated rings. The number of rotatable bonds is 1. The van der Waals surface area contributed by atoms with Crippen molar-refractivity contribution in [1.29, 1.82) is 0 Å². The molecule has 2 aromatic rings. The molecule has 1 saturated heterocycles. The van der Waals surface area contributed by atoms with Crippen molar-refractivity contribution < 1.29 is 0 Å². The third kappa shape index (κ3) is 2.20. The van der Waals surface area contributed by atoms with Crippen molar-refractivity contribution in [1.82, 2.24) is 14.7 Å². The number of pyridine rings is 1. The molecule has 3 heterocycles. The van der Waals surface area contributed by atoms with Gasteiger partial charge in [-0.3, -0.25) is 9.20 Å². The Labute approximate surface area is 113 Å². The molecule has 1 aliphatic heterocycles. The zero-order valence-corrected chi connectivity index (χ0v) is 11.5. The van der Waals surface area contributed by atoms with Crippen molar-refractivity contribution >= 4 is 21.6 Å². The van der Waals surface area contributed by atoms with Gasteiger partial charge in [0.25, 0.3) is 5.56 Å². The highest BCUT2D eigenvalue weighted by Gasteiger charge is 2.17. The monoisotopic (exact) mass is 307 g/mol. The van der Waals surface area contributed by atoms with Crippen LogP contribution in [0.3, 0.4) is 0 Å². The summed E-state index contributed by atoms with van der Waals surface area (Å²) < 4.78 is 2.50. The van der Waals surface area contributed by atoms with Crippen LogP contribution in [-0.4, -0.2) is 15.9 Å². The minimum atomic E-state index is -0.0186. The van der Waals surface area contributed by atoms with Crippen LogP contribution in [0.1, 0.15) is 31.0 Å². The molecule has 94 valence electrons. The highest BCUT2D eigenvalue weighted by molar-refractivity contribution is 9.10. The van der Waals surface area contributed by atoms with Crippen LogP contribution < -0.4 is 10.9 Å². The molecule has 0 bridgehead atoms. The van der Waals surface area contributed by atoms with Crippen molar-refractivity contribution in [3.63, 3.8) is 0 Å². The number of nitrogens with one attached hydrogen (secondary N) is 1. The van der Waals surface area contributed by atoms with E-state index in [9.17, 15) is 4.79 Å². The minimum absolute atomic E-state index is 0.0186. The van der Waals surface area contributed by atoms with Crippen LogP contribution in [0, 0.1) is 0 Å². The number of piperidine rings is 1. The topological polar surface area (TPSA) is 46.4 Å². The summed E-state index contributed by atoms with van der Waals surface area (Å²) >= 11 is 3.41. The Bertz CT molecular complexity index is 632. The molecule has 0 saturated carbocycles. The Morgan fingerprint density at radius 3 is 3.06 bits per heavy atom. The number of fused-ring (bicyclic) bond motifs is 1. The van der Waals surface area contributed by atoms with Gasteiger partial charge in [0.1, 0.15) is 5.65 Å². The van der Waals surface area contributed by atoms with Crippen molar-refractivity contribution in [3.05, 3.63) is 44.9 Å². The van der Waals surface area contributed by atoms with Gasteiger partial charge >= 0.3 is 0 Å². The van der Waals surface area contributed by atoms with Crippen molar-refractivity contribution in [3.8, 4) is 0 Å². The molecule has 0 aromatic carbocycles. The highest BCUT2D eigenvalue weighted by atomic mass is 79.9. The zero-order valence-electron chi connectivity index (χ0n) is 9.90. The molecule has 0 radical (unpaired) electrons. The van der Waals surface area contributed by atoms with Gasteiger partial charge in [-0.25, -0.2) is 4.98 Å². The fourth-order valence-electron chi connectivity index (χ4n) is 2.38. The number of halogens is 1. The third-order valence-corrected chi connectivity index (χ3v) is 3.81. The fourth-order valence-corrected chi connectivity index (χ4v) is 2.70. The predicted octanol–water partition coefficient (Wildman–Crippen LogP) is 2.27. The standard InChI is InChI=1S/C13H14BrN3O/c14-9-4-6-17-12(7-9)16-11(8-13(17)18)10-3-1-2-5-15-10/h4,6-8,10,15H,1-3,5H2. The quantitative estimate of drug-likeness (QED) is 0.879. The van der Waals surface area contributed by atoms with Gasteiger partial charge in [-0.15, -0.1) is 0 Å². The second kappa shape index (κ2) is 4.82. The van der Waals surface area contributed by atoms with Crippen molar-refractivity contribution in [2.24, 2.45) is 0 Å². The summed E-state index contributed by atoms with van der Waals surface area (Å²) in [5.41, 5.74) is 1.53. The lowest BCUT2D eigenvalue weighted by Gasteiger charge is -2.22. The average molecular weight is 308 g/mol. The van der Waals surface area contributed by atoms with E-state index in [1.165, 1.54) is 12.8 Å². The van der Waals surface area contributed by atoms with Gasteiger partial charge in [0.2, 0.25) is 0 Å². The summed E-state index contributed by atoms with van der Waals surface area (Å²) in [5.74, 6) is 0. The van der Waals surface area contributed by atoms with E-state index < -0.39 is 0 Å². The van der Waals surface area contributed by atoms with E-state index in [0.29, 0.717) is 5.65 Å². The lowest BCUT2D eigenvalue weighted by atomic mass is 10.0. The Morgan fingerprint density at radius 1 is 1.39 bits per heavy atom. The lowest BCUT2D eigenvalue weighted by molar-refractivity contribution is 0.405. The molecule has 4 nitrogen and oxygen atoms in total. The first kappa shape index (κ1) is 11.9. The molecule has 0 spiro atoms. The molecule has 5 heteroatoms. The third-order valence-electron chi connectivity index (χ3n) is 3.32. The van der Waals surface area contributed by atoms with Crippen LogP contribution in [0.5, 0.6) is 0 Å². The smallest absolute Gasteiger partial charge is 0.258 e. The first-order valence-corrected chi connectivity index (χ1v) is 6.95. The van der Waals surface area contributed by atoms with Gasteiger partial charge < -0.3 is 5.32 Å². The summed E-state index contributed by atoms with van der Waals surface area (Å²) in [6.45, 7) is 1.00. The van der Waals surface area contributed by atoms with E-state index in [-0.39, 0.29) is 11.6 Å². The van der Waals surface area contributed by atoms with Crippen LogP contribution in [0.4, 0.5) is 0 Å². The first-order valence-electron chi connectivity index (χ1n) is 6.16. The van der Waals surface area contributed by atoms with Crippen molar-refractivity contribution in [2.45, 2.75) is 25.3 Å². The predicted molar refractivity (Wildman–Crippen MR) is 73.8 cm³/mol. The summed E-state index contributed by atoms with van der Waals surface area (Å²) in [6, 6.07) is 5.57. The molecule has 2 aromatic heterocycles. The zero-order chi connectivity index (χ0) is 12.5. The molecule has 1 atom stereocenters. The van der Waals surface area contributed by atoms with E-state index in [1.54, 1.807) is 16.7 Å². The largest absolute Gasteiger partial charge is 0.309 e. The van der Waals surface area contributed by atoms with Gasteiger partial charge in [-0.05, 0) is 31.5 Å². The minimum Gasteiger partial charge on any atom is -0.309 e. The Morgan fingerprint density at radius 2 is 2.28 bits per heavy atom. The second-order valence-electron chi connectivity index (χ2n) is 4.59. The molecule has 1 unspecified atom stereocenters. The van der Waals surface area contributed by atoms with Crippen LogP contribution in [-0.2, 0) is 0 Å². The molecule has 18 heavy (non-hydrogen) atoms. The van der Waals surface area contributed by atoms with Gasteiger partial charge in [-0.2, -0.15) is 0 Å². The van der Waals surface area contributed by atoms with E-state index in [4.69, 9.17) is 0 Å². The highest BCUT2D eigenvalue weighted by Crippen LogP contribution is 2.21. The Balaban J connectivity index is 2.10. The molecule has 0 amide bonds. The molecular weight excluding hydrogens is 294 g/mol. The molecule has 0 aliphatic carbocycles. The van der Waals surface area contributed by atoms with E-state index >= 15 is 0 Å². The van der Waals surface area contributed by atoms with Gasteiger partial charge in [0, 0.05) is 22.8 Å². The maximum absolute atomic E-state index is 12.0. The summed E-state index contributed by atoms with van der Waals surface area (Å²) in [7, 11) is 0. The van der Waals surface area contributed by atoms with Crippen LogP contribution in [0.2, 0.25) is 0 Å². The molecule has 1 aliphatic rings. The second-order valence-corrected chi connectivity index (χ2v) is 5.51. The maximum Gasteiger partial charge on any atom is 0.258 e. The summed E-state index contributed by atoms with van der Waals surface area (Å²) in [5, 5.41) is 3.42. The van der Waals surface area contributed by atoms with Gasteiger partial charge in [0.15, 0.2) is 0 Å². The summed E-state index contributed by atoms with van der Waals surface area (Å²) in [4.78, 5) is 16.6. The van der Waals surface area contributed by atoms with E-state index in [0.717, 1.165) is 23.1 Å². The summed E-state index contributed by atoms with van der Waals surface area (Å²) in [6.07, 6.45) is 5.19. The van der Waals surface area contributed by atoms with Crippen LogP contribution in [0.15, 0.2) is 33.7 Å². The normalized spacial score (nSPS) is 20.2. The maximum atomic E-state index is 12.0. The number of aromatic nitrogens is 2. The number of hydrogen-bond acceptors (Lipinski definition) is 3. The van der Waals surface area contributed by atoms with Crippen LogP contribution in [0.25, 0.3) is 5.65 Å². The molecule has 1 N–H and O–H groups in total. The Hall–Kier alpha value is -1.20. The average Bonchev–Trinajstić information content (AvgIpc) is 2.39. The fraction of sp³-hybridized carbons (Fsp3) is 0.385. The number of nitrogens with zero attached hydrogens (tertiary/aromatic N) is 2. The molecular formula is C13H14BrN3O. The van der Waals surface area contributed by atoms with E-state index in [2.05, 4.69) is 26.2 Å². The Kier molecular flexibility index (Phi) is 3.18. The SMILES string of the molecule is O=c1cc(C2CCCCN2)nc2cc(Br)ccn12. The van der Waals surface area contributed by atoms with Gasteiger partial charge in [-0.1, -0.05) is 22.4 Å². The van der Waals surface area contributed by atoms with Crippen LogP contribution >= 0.6 is 15.9 Å². The van der Waals surface area contributed by atoms with E-state index in [1.807, 2.05) is 12.1 Å². The number of hydrogen-bond donors (Lipinski definition) is 1. The molecule has 3 rings (SSSR count).